The molecule has 0 aliphatic carbocycles. The van der Waals surface area contributed by atoms with E-state index in [2.05, 4.69) is 5.32 Å². The van der Waals surface area contributed by atoms with Gasteiger partial charge >= 0.3 is 12.0 Å². The van der Waals surface area contributed by atoms with Crippen molar-refractivity contribution >= 4 is 41.1 Å². The molecule has 140 valence electrons. The van der Waals surface area contributed by atoms with Crippen LogP contribution in [-0.4, -0.2) is 51.1 Å². The third kappa shape index (κ3) is 4.63. The van der Waals surface area contributed by atoms with Crippen LogP contribution >= 0.6 is 11.6 Å². The summed E-state index contributed by atoms with van der Waals surface area (Å²) in [6.45, 7) is -0.539. The minimum atomic E-state index is -0.768. The van der Waals surface area contributed by atoms with Crippen molar-refractivity contribution in [2.45, 2.75) is 6.42 Å². The van der Waals surface area contributed by atoms with Gasteiger partial charge in [-0.15, -0.1) is 0 Å². The predicted molar refractivity (Wildman–Crippen MR) is 92.0 cm³/mol. The molecule has 2 N–H and O–H groups in total. The molecule has 0 saturated carbocycles. The van der Waals surface area contributed by atoms with Crippen LogP contribution in [0.1, 0.15) is 6.42 Å². The van der Waals surface area contributed by atoms with Crippen molar-refractivity contribution in [3.63, 3.8) is 0 Å². The Bertz CT molecular complexity index is 739. The lowest BCUT2D eigenvalue weighted by atomic mass is 10.1. The topological polar surface area (TPSA) is 114 Å². The highest BCUT2D eigenvalue weighted by Crippen LogP contribution is 2.35. The SMILES string of the molecule is CNC(=O)NC(=O)COC(=O)[C@H]1CC(=O)N(c2cc(Cl)ccc2OC)C1. The number of benzene rings is 1. The summed E-state index contributed by atoms with van der Waals surface area (Å²) in [6, 6.07) is 4.12. The molecule has 4 amide bonds. The largest absolute Gasteiger partial charge is 0.495 e. The van der Waals surface area contributed by atoms with E-state index < -0.39 is 30.4 Å². The summed E-state index contributed by atoms with van der Waals surface area (Å²) in [5, 5.41) is 4.59. The molecule has 1 fully saturated rings. The van der Waals surface area contributed by atoms with Crippen molar-refractivity contribution in [1.29, 1.82) is 0 Å². The summed E-state index contributed by atoms with van der Waals surface area (Å²) in [7, 11) is 2.81. The Morgan fingerprint density at radius 1 is 1.35 bits per heavy atom. The lowest BCUT2D eigenvalue weighted by Crippen LogP contribution is -2.40. The summed E-state index contributed by atoms with van der Waals surface area (Å²) >= 11 is 5.97. The number of halogens is 1. The minimum absolute atomic E-state index is 0.0639. The van der Waals surface area contributed by atoms with Crippen LogP contribution in [0.2, 0.25) is 5.02 Å². The van der Waals surface area contributed by atoms with Gasteiger partial charge < -0.3 is 19.7 Å². The van der Waals surface area contributed by atoms with Crippen LogP contribution in [0.15, 0.2) is 18.2 Å². The number of urea groups is 1. The lowest BCUT2D eigenvalue weighted by molar-refractivity contribution is -0.152. The highest BCUT2D eigenvalue weighted by atomic mass is 35.5. The van der Waals surface area contributed by atoms with E-state index >= 15 is 0 Å². The third-order valence-corrected chi connectivity index (χ3v) is 3.95. The minimum Gasteiger partial charge on any atom is -0.495 e. The Labute approximate surface area is 154 Å². The Balaban J connectivity index is 1.99. The van der Waals surface area contributed by atoms with Gasteiger partial charge in [0.05, 0.1) is 18.7 Å². The summed E-state index contributed by atoms with van der Waals surface area (Å²) < 4.78 is 10.1. The van der Waals surface area contributed by atoms with Crippen LogP contribution in [0.3, 0.4) is 0 Å². The molecule has 1 heterocycles. The van der Waals surface area contributed by atoms with Crippen LogP contribution in [0.4, 0.5) is 10.5 Å². The number of hydrogen-bond acceptors (Lipinski definition) is 6. The number of rotatable bonds is 5. The molecule has 10 heteroatoms. The number of esters is 1. The number of imide groups is 1. The lowest BCUT2D eigenvalue weighted by Gasteiger charge is -2.19. The number of carbonyl (C=O) groups is 4. The molecule has 0 aromatic heterocycles. The Kier molecular flexibility index (Phi) is 6.40. The van der Waals surface area contributed by atoms with E-state index in [0.717, 1.165) is 0 Å². The molecule has 1 aromatic rings. The molecule has 9 nitrogen and oxygen atoms in total. The van der Waals surface area contributed by atoms with Crippen LogP contribution in [0, 0.1) is 5.92 Å². The maximum Gasteiger partial charge on any atom is 0.321 e. The zero-order valence-corrected chi connectivity index (χ0v) is 15.0. The van der Waals surface area contributed by atoms with Gasteiger partial charge in [-0.05, 0) is 18.2 Å². The second kappa shape index (κ2) is 8.52. The molecule has 1 aliphatic heterocycles. The van der Waals surface area contributed by atoms with E-state index in [1.54, 1.807) is 18.2 Å². The fourth-order valence-corrected chi connectivity index (χ4v) is 2.62. The Morgan fingerprint density at radius 3 is 2.73 bits per heavy atom. The van der Waals surface area contributed by atoms with Crippen molar-refractivity contribution in [3.05, 3.63) is 23.2 Å². The summed E-state index contributed by atoms with van der Waals surface area (Å²) in [5.74, 6) is -2.05. The van der Waals surface area contributed by atoms with Gasteiger partial charge in [-0.3, -0.25) is 19.7 Å². The van der Waals surface area contributed by atoms with Gasteiger partial charge in [-0.1, -0.05) is 11.6 Å². The first kappa shape index (κ1) is 19.5. The smallest absolute Gasteiger partial charge is 0.321 e. The monoisotopic (exact) mass is 383 g/mol. The first-order valence-electron chi connectivity index (χ1n) is 7.67. The number of methoxy groups -OCH3 is 1. The van der Waals surface area contributed by atoms with E-state index in [-0.39, 0.29) is 18.9 Å². The van der Waals surface area contributed by atoms with Crippen molar-refractivity contribution < 1.29 is 28.7 Å². The fraction of sp³-hybridized carbons (Fsp3) is 0.375. The molecule has 0 bridgehead atoms. The molecule has 0 unspecified atom stereocenters. The summed E-state index contributed by atoms with van der Waals surface area (Å²) in [4.78, 5) is 48.2. The highest BCUT2D eigenvalue weighted by molar-refractivity contribution is 6.31. The maximum atomic E-state index is 12.3. The van der Waals surface area contributed by atoms with Gasteiger partial charge in [-0.25, -0.2) is 4.79 Å². The summed E-state index contributed by atoms with van der Waals surface area (Å²) in [5.41, 5.74) is 0.456. The van der Waals surface area contributed by atoms with Crippen LogP contribution in [0.25, 0.3) is 0 Å². The van der Waals surface area contributed by atoms with Crippen molar-refractivity contribution in [2.75, 3.05) is 32.2 Å². The van der Waals surface area contributed by atoms with Crippen molar-refractivity contribution in [2.24, 2.45) is 5.92 Å². The Morgan fingerprint density at radius 2 is 2.08 bits per heavy atom. The molecule has 26 heavy (non-hydrogen) atoms. The van der Waals surface area contributed by atoms with Gasteiger partial charge in [0.25, 0.3) is 5.91 Å². The normalized spacial score (nSPS) is 16.2. The number of nitrogens with zero attached hydrogens (tertiary/aromatic N) is 1. The standard InChI is InChI=1S/C16H18ClN3O6/c1-18-16(24)19-13(21)8-26-15(23)9-5-14(22)20(7-9)11-6-10(17)3-4-12(11)25-2/h3-4,6,9H,5,7-8H2,1-2H3,(H2,18,19,21,24)/t9-/m0/s1. The highest BCUT2D eigenvalue weighted by Gasteiger charge is 2.37. The molecule has 0 radical (unpaired) electrons. The molecule has 1 aromatic carbocycles. The average Bonchev–Trinajstić information content (AvgIpc) is 3.01. The molecule has 2 rings (SSSR count). The summed E-state index contributed by atoms with van der Waals surface area (Å²) in [6.07, 6.45) is -0.0639. The second-order valence-electron chi connectivity index (χ2n) is 5.46. The number of anilines is 1. The number of nitrogens with one attached hydrogen (secondary N) is 2. The number of hydrogen-bond donors (Lipinski definition) is 2. The van der Waals surface area contributed by atoms with E-state index in [0.29, 0.717) is 16.5 Å². The predicted octanol–water partition coefficient (Wildman–Crippen LogP) is 0.700. The van der Waals surface area contributed by atoms with Gasteiger partial charge in [-0.2, -0.15) is 0 Å². The maximum absolute atomic E-state index is 12.3. The van der Waals surface area contributed by atoms with Crippen molar-refractivity contribution in [1.82, 2.24) is 10.6 Å². The average molecular weight is 384 g/mol. The molecular weight excluding hydrogens is 366 g/mol. The van der Waals surface area contributed by atoms with Gasteiger partial charge in [0.2, 0.25) is 5.91 Å². The molecule has 1 atom stereocenters. The number of ether oxygens (including phenoxy) is 2. The van der Waals surface area contributed by atoms with Crippen LogP contribution in [0.5, 0.6) is 5.75 Å². The van der Waals surface area contributed by atoms with E-state index in [1.807, 2.05) is 5.32 Å². The van der Waals surface area contributed by atoms with Crippen molar-refractivity contribution in [3.8, 4) is 5.75 Å². The first-order valence-corrected chi connectivity index (χ1v) is 8.05. The molecular formula is C16H18ClN3O6. The Hall–Kier alpha value is -2.81. The van der Waals surface area contributed by atoms with E-state index in [9.17, 15) is 19.2 Å². The number of amides is 4. The zero-order valence-electron chi connectivity index (χ0n) is 14.2. The van der Waals surface area contributed by atoms with Crippen LogP contribution < -0.4 is 20.3 Å². The van der Waals surface area contributed by atoms with Gasteiger partial charge in [0.1, 0.15) is 5.75 Å². The van der Waals surface area contributed by atoms with Gasteiger partial charge in [0, 0.05) is 25.0 Å². The third-order valence-electron chi connectivity index (χ3n) is 3.72. The number of carbonyl (C=O) groups excluding carboxylic acids is 4. The fourth-order valence-electron chi connectivity index (χ4n) is 2.45. The second-order valence-corrected chi connectivity index (χ2v) is 5.89. The van der Waals surface area contributed by atoms with Crippen LogP contribution in [-0.2, 0) is 19.1 Å². The molecule has 1 saturated heterocycles. The van der Waals surface area contributed by atoms with E-state index in [4.69, 9.17) is 21.1 Å². The quantitative estimate of drug-likeness (QED) is 0.723. The molecule has 1 aliphatic rings. The molecule has 0 spiro atoms. The first-order chi connectivity index (χ1) is 12.3. The van der Waals surface area contributed by atoms with Gasteiger partial charge in [0.15, 0.2) is 6.61 Å². The zero-order chi connectivity index (χ0) is 19.3. The van der Waals surface area contributed by atoms with E-state index in [1.165, 1.54) is 19.1 Å².